The average molecular weight is 494 g/mol. The van der Waals surface area contributed by atoms with Gasteiger partial charge in [-0.05, 0) is 37.3 Å². The van der Waals surface area contributed by atoms with Crippen molar-refractivity contribution in [3.05, 3.63) is 54.4 Å². The normalized spacial score (nSPS) is 17.9. The Labute approximate surface area is 210 Å². The van der Waals surface area contributed by atoms with Gasteiger partial charge in [-0.2, -0.15) is 0 Å². The fourth-order valence-corrected chi connectivity index (χ4v) is 5.21. The molecule has 35 heavy (non-hydrogen) atoms. The molecule has 2 aliphatic rings. The molecule has 1 atom stereocenters. The molecule has 0 radical (unpaired) electrons. The lowest BCUT2D eigenvalue weighted by atomic mass is 10.2. The van der Waals surface area contributed by atoms with E-state index in [-0.39, 0.29) is 11.2 Å². The van der Waals surface area contributed by atoms with Crippen LogP contribution < -0.4 is 10.2 Å². The number of para-hydroxylation sites is 1. The van der Waals surface area contributed by atoms with Crippen molar-refractivity contribution in [3.8, 4) is 0 Å². The number of morpholine rings is 2. The van der Waals surface area contributed by atoms with Crippen LogP contribution in [0.2, 0.25) is 0 Å². The molecule has 1 amide bonds. The summed E-state index contributed by atoms with van der Waals surface area (Å²) >= 11 is 1.47. The Kier molecular flexibility index (Phi) is 7.78. The molecule has 2 aliphatic heterocycles. The molecule has 3 heterocycles. The fourth-order valence-electron chi connectivity index (χ4n) is 4.26. The highest BCUT2D eigenvalue weighted by molar-refractivity contribution is 8.00. The zero-order chi connectivity index (χ0) is 24.0. The second-order valence-corrected chi connectivity index (χ2v) is 10.1. The van der Waals surface area contributed by atoms with Crippen molar-refractivity contribution in [1.82, 2.24) is 14.9 Å². The number of amides is 1. The van der Waals surface area contributed by atoms with E-state index in [1.807, 2.05) is 43.3 Å². The van der Waals surface area contributed by atoms with Gasteiger partial charge >= 0.3 is 0 Å². The summed E-state index contributed by atoms with van der Waals surface area (Å²) < 4.78 is 10.9. The summed E-state index contributed by atoms with van der Waals surface area (Å²) in [4.78, 5) is 27.3. The van der Waals surface area contributed by atoms with Gasteiger partial charge in [0, 0.05) is 42.9 Å². The molecule has 8 nitrogen and oxygen atoms in total. The van der Waals surface area contributed by atoms with E-state index < -0.39 is 0 Å². The van der Waals surface area contributed by atoms with Gasteiger partial charge in [-0.1, -0.05) is 30.0 Å². The predicted molar refractivity (Wildman–Crippen MR) is 139 cm³/mol. The first-order valence-electron chi connectivity index (χ1n) is 12.1. The van der Waals surface area contributed by atoms with Crippen LogP contribution in [0.25, 0.3) is 10.9 Å². The lowest BCUT2D eigenvalue weighted by molar-refractivity contribution is -0.115. The first-order valence-corrected chi connectivity index (χ1v) is 13.0. The first kappa shape index (κ1) is 24.0. The van der Waals surface area contributed by atoms with Gasteiger partial charge in [0.2, 0.25) is 5.91 Å². The SMILES string of the molecule is C[C@@H](Sc1nc(CN2CCOCC2)nc2ccccc12)C(=O)Nc1ccc(N2CCOCC2)cc1. The number of nitrogens with zero attached hydrogens (tertiary/aromatic N) is 4. The molecule has 0 unspecified atom stereocenters. The van der Waals surface area contributed by atoms with E-state index in [1.165, 1.54) is 11.8 Å². The maximum atomic E-state index is 13.0. The summed E-state index contributed by atoms with van der Waals surface area (Å²) in [5, 5.41) is 4.54. The van der Waals surface area contributed by atoms with Gasteiger partial charge in [0.25, 0.3) is 0 Å². The molecule has 1 N–H and O–H groups in total. The fraction of sp³-hybridized carbons (Fsp3) is 0.423. The predicted octanol–water partition coefficient (Wildman–Crippen LogP) is 3.42. The summed E-state index contributed by atoms with van der Waals surface area (Å²) in [5.74, 6) is 0.728. The number of aromatic nitrogens is 2. The molecule has 1 aromatic heterocycles. The Morgan fingerprint density at radius 3 is 2.40 bits per heavy atom. The van der Waals surface area contributed by atoms with Crippen molar-refractivity contribution in [2.45, 2.75) is 23.7 Å². The lowest BCUT2D eigenvalue weighted by Crippen LogP contribution is -2.36. The van der Waals surface area contributed by atoms with E-state index in [4.69, 9.17) is 19.4 Å². The minimum Gasteiger partial charge on any atom is -0.379 e. The third kappa shape index (κ3) is 6.10. The van der Waals surface area contributed by atoms with E-state index >= 15 is 0 Å². The molecule has 2 saturated heterocycles. The van der Waals surface area contributed by atoms with Crippen LogP contribution in [0, 0.1) is 0 Å². The van der Waals surface area contributed by atoms with Crippen LogP contribution in [-0.2, 0) is 20.8 Å². The van der Waals surface area contributed by atoms with E-state index in [0.717, 1.165) is 85.7 Å². The van der Waals surface area contributed by atoms with Crippen LogP contribution in [0.15, 0.2) is 53.6 Å². The summed E-state index contributed by atoms with van der Waals surface area (Å²) in [6.07, 6.45) is 0. The molecular formula is C26H31N5O3S. The molecule has 3 aromatic rings. The van der Waals surface area contributed by atoms with E-state index in [2.05, 4.69) is 27.2 Å². The van der Waals surface area contributed by atoms with Gasteiger partial charge in [0.1, 0.15) is 10.9 Å². The number of rotatable bonds is 7. The Balaban J connectivity index is 1.26. The average Bonchev–Trinajstić information content (AvgIpc) is 2.90. The standard InChI is InChI=1S/C26H31N5O3S/c1-19(25(32)27-20-6-8-21(9-7-20)31-12-16-34-17-13-31)35-26-22-4-2-3-5-23(22)28-24(29-26)18-30-10-14-33-15-11-30/h2-9,19H,10-18H2,1H3,(H,27,32)/t19-/m1/s1. The number of ether oxygens (including phenoxy) is 2. The van der Waals surface area contributed by atoms with E-state index in [0.29, 0.717) is 6.54 Å². The monoisotopic (exact) mass is 493 g/mol. The van der Waals surface area contributed by atoms with Gasteiger partial charge < -0.3 is 19.7 Å². The van der Waals surface area contributed by atoms with Crippen LogP contribution in [-0.4, -0.2) is 78.6 Å². The number of fused-ring (bicyclic) bond motifs is 1. The molecule has 184 valence electrons. The third-order valence-electron chi connectivity index (χ3n) is 6.25. The minimum absolute atomic E-state index is 0.0495. The zero-order valence-corrected chi connectivity index (χ0v) is 20.8. The van der Waals surface area contributed by atoms with Crippen molar-refractivity contribution in [2.24, 2.45) is 0 Å². The molecule has 0 bridgehead atoms. The molecule has 0 spiro atoms. The van der Waals surface area contributed by atoms with Gasteiger partial charge in [0.05, 0.1) is 43.7 Å². The number of benzene rings is 2. The number of nitrogens with one attached hydrogen (secondary N) is 1. The highest BCUT2D eigenvalue weighted by Crippen LogP contribution is 2.30. The molecule has 0 aliphatic carbocycles. The summed E-state index contributed by atoms with van der Waals surface area (Å²) in [7, 11) is 0. The Hall–Kier alpha value is -2.72. The Morgan fingerprint density at radius 2 is 1.66 bits per heavy atom. The molecule has 0 saturated carbocycles. The second-order valence-electron chi connectivity index (χ2n) is 8.75. The van der Waals surface area contributed by atoms with Gasteiger partial charge in [0.15, 0.2) is 0 Å². The Bertz CT molecular complexity index is 1150. The van der Waals surface area contributed by atoms with Crippen LogP contribution in [0.1, 0.15) is 12.7 Å². The summed E-state index contributed by atoms with van der Waals surface area (Å²) in [5.41, 5.74) is 2.84. The number of carbonyl (C=O) groups is 1. The van der Waals surface area contributed by atoms with Crippen LogP contribution in [0.5, 0.6) is 0 Å². The second kappa shape index (κ2) is 11.3. The number of thioether (sulfide) groups is 1. The topological polar surface area (TPSA) is 79.8 Å². The highest BCUT2D eigenvalue weighted by atomic mass is 32.2. The highest BCUT2D eigenvalue weighted by Gasteiger charge is 2.20. The lowest BCUT2D eigenvalue weighted by Gasteiger charge is -2.29. The van der Waals surface area contributed by atoms with Gasteiger partial charge in [-0.15, -0.1) is 0 Å². The van der Waals surface area contributed by atoms with Crippen molar-refractivity contribution in [1.29, 1.82) is 0 Å². The Morgan fingerprint density at radius 1 is 0.971 bits per heavy atom. The molecule has 2 aromatic carbocycles. The maximum Gasteiger partial charge on any atom is 0.237 e. The van der Waals surface area contributed by atoms with Crippen LogP contribution in [0.3, 0.4) is 0 Å². The van der Waals surface area contributed by atoms with Crippen LogP contribution >= 0.6 is 11.8 Å². The number of anilines is 2. The largest absolute Gasteiger partial charge is 0.379 e. The summed E-state index contributed by atoms with van der Waals surface area (Å²) in [6, 6.07) is 16.0. The van der Waals surface area contributed by atoms with Crippen molar-refractivity contribution in [3.63, 3.8) is 0 Å². The first-order chi connectivity index (χ1) is 17.2. The molecule has 9 heteroatoms. The number of carbonyl (C=O) groups excluding carboxylic acids is 1. The third-order valence-corrected chi connectivity index (χ3v) is 7.35. The molecule has 5 rings (SSSR count). The van der Waals surface area contributed by atoms with Gasteiger partial charge in [-0.25, -0.2) is 9.97 Å². The zero-order valence-electron chi connectivity index (χ0n) is 20.0. The van der Waals surface area contributed by atoms with Crippen molar-refractivity contribution in [2.75, 3.05) is 62.8 Å². The van der Waals surface area contributed by atoms with E-state index in [1.54, 1.807) is 0 Å². The van der Waals surface area contributed by atoms with E-state index in [9.17, 15) is 4.79 Å². The molecular weight excluding hydrogens is 462 g/mol. The smallest absolute Gasteiger partial charge is 0.237 e. The van der Waals surface area contributed by atoms with Gasteiger partial charge in [-0.3, -0.25) is 9.69 Å². The van der Waals surface area contributed by atoms with Crippen LogP contribution in [0.4, 0.5) is 11.4 Å². The number of hydrogen-bond donors (Lipinski definition) is 1. The maximum absolute atomic E-state index is 13.0. The van der Waals surface area contributed by atoms with Crippen molar-refractivity contribution >= 4 is 39.9 Å². The summed E-state index contributed by atoms with van der Waals surface area (Å²) in [6.45, 7) is 9.10. The quantitative estimate of drug-likeness (QED) is 0.396. The molecule has 2 fully saturated rings. The minimum atomic E-state index is -0.316. The number of hydrogen-bond acceptors (Lipinski definition) is 8. The van der Waals surface area contributed by atoms with Crippen molar-refractivity contribution < 1.29 is 14.3 Å².